The fraction of sp³-hybridized carbons (Fsp3) is 0.143. The Balaban J connectivity index is 1.33. The maximum Gasteiger partial charge on any atom is 0.255 e. The van der Waals surface area contributed by atoms with Crippen LogP contribution in [0.25, 0.3) is 0 Å². The molecule has 0 saturated carbocycles. The summed E-state index contributed by atoms with van der Waals surface area (Å²) in [5.41, 5.74) is 3.82. The first-order chi connectivity index (χ1) is 18.0. The van der Waals surface area contributed by atoms with Gasteiger partial charge in [0.25, 0.3) is 5.91 Å². The number of anilines is 6. The zero-order valence-corrected chi connectivity index (χ0v) is 20.8. The molecule has 0 aliphatic rings. The second-order valence-electron chi connectivity index (χ2n) is 8.51. The number of hydrogen-bond donors (Lipinski definition) is 4. The summed E-state index contributed by atoms with van der Waals surface area (Å²) in [6.07, 6.45) is 9.10. The largest absolute Gasteiger partial charge is 0.382 e. The summed E-state index contributed by atoms with van der Waals surface area (Å²) >= 11 is 0. The standard InChI is InChI=1S/C28H30N8O/c1-36(2)16-4-3-15-30-22-12-10-21(11-13-22)28(37)35-24-8-5-7-23(17-24)33-26-18-27(32-20-31-26)34-25-9-6-14-29-19-25/h3-14,17-20,30H,15-16H2,1-2H3,(H,35,37)(H2,31,32,33,34)/b4-3+. The number of hydrogen-bond acceptors (Lipinski definition) is 8. The molecule has 0 spiro atoms. The van der Waals surface area contributed by atoms with Crippen LogP contribution in [0, 0.1) is 0 Å². The topological polar surface area (TPSA) is 107 Å². The third-order valence-corrected chi connectivity index (χ3v) is 5.20. The van der Waals surface area contributed by atoms with Gasteiger partial charge in [-0.05, 0) is 68.7 Å². The highest BCUT2D eigenvalue weighted by Crippen LogP contribution is 2.22. The van der Waals surface area contributed by atoms with Crippen molar-refractivity contribution in [3.05, 3.63) is 103 Å². The zero-order valence-electron chi connectivity index (χ0n) is 20.8. The maximum absolute atomic E-state index is 12.8. The van der Waals surface area contributed by atoms with Gasteiger partial charge in [0.15, 0.2) is 0 Å². The van der Waals surface area contributed by atoms with E-state index < -0.39 is 0 Å². The van der Waals surface area contributed by atoms with E-state index in [0.717, 1.165) is 30.2 Å². The minimum atomic E-state index is -0.181. The Labute approximate surface area is 216 Å². The number of benzene rings is 2. The molecule has 4 N–H and O–H groups in total. The molecule has 2 heterocycles. The average Bonchev–Trinajstić information content (AvgIpc) is 2.90. The average molecular weight is 495 g/mol. The summed E-state index contributed by atoms with van der Waals surface area (Å²) in [5, 5.41) is 12.7. The van der Waals surface area contributed by atoms with Crippen molar-refractivity contribution >= 4 is 40.3 Å². The predicted octanol–water partition coefficient (Wildman–Crippen LogP) is 5.14. The van der Waals surface area contributed by atoms with Gasteiger partial charge in [0, 0.05) is 48.0 Å². The van der Waals surface area contributed by atoms with Gasteiger partial charge in [0.1, 0.15) is 18.0 Å². The van der Waals surface area contributed by atoms with Crippen molar-refractivity contribution in [2.45, 2.75) is 0 Å². The van der Waals surface area contributed by atoms with Crippen LogP contribution >= 0.6 is 0 Å². The van der Waals surface area contributed by atoms with Crippen LogP contribution < -0.4 is 21.3 Å². The molecule has 0 radical (unpaired) electrons. The lowest BCUT2D eigenvalue weighted by molar-refractivity contribution is 0.102. The molecule has 0 fully saturated rings. The van der Waals surface area contributed by atoms with Crippen molar-refractivity contribution in [2.75, 3.05) is 48.5 Å². The summed E-state index contributed by atoms with van der Waals surface area (Å²) in [7, 11) is 4.07. The first-order valence-corrected chi connectivity index (χ1v) is 11.9. The fourth-order valence-electron chi connectivity index (χ4n) is 3.39. The number of nitrogens with one attached hydrogen (secondary N) is 4. The van der Waals surface area contributed by atoms with Gasteiger partial charge < -0.3 is 26.2 Å². The molecule has 0 bridgehead atoms. The van der Waals surface area contributed by atoms with Crippen LogP contribution in [0.15, 0.2) is 97.6 Å². The Hall–Kier alpha value is -4.76. The van der Waals surface area contributed by atoms with Gasteiger partial charge >= 0.3 is 0 Å². The number of rotatable bonds is 11. The maximum atomic E-state index is 12.8. The molecule has 4 aromatic rings. The number of carbonyl (C=O) groups is 1. The van der Waals surface area contributed by atoms with E-state index in [2.05, 4.69) is 53.3 Å². The molecule has 0 aliphatic carbocycles. The van der Waals surface area contributed by atoms with E-state index in [1.165, 1.54) is 6.33 Å². The molecule has 0 unspecified atom stereocenters. The summed E-state index contributed by atoms with van der Waals surface area (Å²) in [6, 6.07) is 20.4. The lowest BCUT2D eigenvalue weighted by Gasteiger charge is -2.11. The van der Waals surface area contributed by atoms with Crippen molar-refractivity contribution in [3.8, 4) is 0 Å². The fourth-order valence-corrected chi connectivity index (χ4v) is 3.39. The Bertz CT molecular complexity index is 1320. The van der Waals surface area contributed by atoms with Crippen LogP contribution in [-0.2, 0) is 0 Å². The Morgan fingerprint density at radius 1 is 0.838 bits per heavy atom. The summed E-state index contributed by atoms with van der Waals surface area (Å²) in [4.78, 5) is 27.5. The van der Waals surface area contributed by atoms with Gasteiger partial charge in [-0.1, -0.05) is 18.2 Å². The van der Waals surface area contributed by atoms with Crippen molar-refractivity contribution in [1.29, 1.82) is 0 Å². The lowest BCUT2D eigenvalue weighted by Crippen LogP contribution is -2.12. The van der Waals surface area contributed by atoms with E-state index in [-0.39, 0.29) is 5.91 Å². The number of likely N-dealkylation sites (N-methyl/N-ethyl adjacent to an activating group) is 1. The van der Waals surface area contributed by atoms with Crippen molar-refractivity contribution < 1.29 is 4.79 Å². The molecule has 2 aromatic carbocycles. The van der Waals surface area contributed by atoms with Crippen LogP contribution in [0.5, 0.6) is 0 Å². The van der Waals surface area contributed by atoms with Crippen LogP contribution in [-0.4, -0.2) is 52.9 Å². The summed E-state index contributed by atoms with van der Waals surface area (Å²) in [6.45, 7) is 1.63. The van der Waals surface area contributed by atoms with Gasteiger partial charge in [-0.25, -0.2) is 9.97 Å². The molecule has 4 rings (SSSR count). The Morgan fingerprint density at radius 3 is 2.30 bits per heavy atom. The number of aromatic nitrogens is 3. The molecular weight excluding hydrogens is 464 g/mol. The molecule has 37 heavy (non-hydrogen) atoms. The molecule has 9 nitrogen and oxygen atoms in total. The Kier molecular flexibility index (Phi) is 8.77. The number of nitrogens with zero attached hydrogens (tertiary/aromatic N) is 4. The third kappa shape index (κ3) is 8.15. The van der Waals surface area contributed by atoms with E-state index in [0.29, 0.717) is 22.9 Å². The Morgan fingerprint density at radius 2 is 1.57 bits per heavy atom. The second kappa shape index (κ2) is 12.8. The van der Waals surface area contributed by atoms with Gasteiger partial charge in [-0.3, -0.25) is 9.78 Å². The zero-order chi connectivity index (χ0) is 25.9. The molecule has 1 amide bonds. The first-order valence-electron chi connectivity index (χ1n) is 11.9. The molecule has 0 saturated heterocycles. The number of carbonyl (C=O) groups excluding carboxylic acids is 1. The highest BCUT2D eigenvalue weighted by atomic mass is 16.1. The monoisotopic (exact) mass is 494 g/mol. The second-order valence-corrected chi connectivity index (χ2v) is 8.51. The normalized spacial score (nSPS) is 10.9. The van der Waals surface area contributed by atoms with Crippen LogP contribution in [0.2, 0.25) is 0 Å². The molecule has 9 heteroatoms. The quantitative estimate of drug-likeness (QED) is 0.212. The smallest absolute Gasteiger partial charge is 0.255 e. The highest BCUT2D eigenvalue weighted by Gasteiger charge is 2.07. The summed E-state index contributed by atoms with van der Waals surface area (Å²) < 4.78 is 0. The van der Waals surface area contributed by atoms with Crippen molar-refractivity contribution in [1.82, 2.24) is 19.9 Å². The van der Waals surface area contributed by atoms with Gasteiger partial charge in [0.05, 0.1) is 11.9 Å². The van der Waals surface area contributed by atoms with E-state index in [1.807, 2.05) is 62.6 Å². The van der Waals surface area contributed by atoms with E-state index in [9.17, 15) is 4.79 Å². The van der Waals surface area contributed by atoms with Crippen molar-refractivity contribution in [2.24, 2.45) is 0 Å². The highest BCUT2D eigenvalue weighted by molar-refractivity contribution is 6.04. The van der Waals surface area contributed by atoms with E-state index in [4.69, 9.17) is 0 Å². The van der Waals surface area contributed by atoms with Gasteiger partial charge in [0.2, 0.25) is 0 Å². The molecule has 0 atom stereocenters. The lowest BCUT2D eigenvalue weighted by atomic mass is 10.2. The van der Waals surface area contributed by atoms with Gasteiger partial charge in [-0.15, -0.1) is 0 Å². The molecular formula is C28H30N8O. The minimum absolute atomic E-state index is 0.181. The van der Waals surface area contributed by atoms with Crippen molar-refractivity contribution in [3.63, 3.8) is 0 Å². The van der Waals surface area contributed by atoms with E-state index >= 15 is 0 Å². The predicted molar refractivity (Wildman–Crippen MR) is 150 cm³/mol. The SMILES string of the molecule is CN(C)C/C=C/CNc1ccc(C(=O)Nc2cccc(Nc3cc(Nc4cccnc4)ncn3)c2)cc1. The van der Waals surface area contributed by atoms with Crippen LogP contribution in [0.1, 0.15) is 10.4 Å². The number of amides is 1. The number of pyridine rings is 1. The minimum Gasteiger partial charge on any atom is -0.382 e. The van der Waals surface area contributed by atoms with Gasteiger partial charge in [-0.2, -0.15) is 0 Å². The first kappa shape index (κ1) is 25.3. The van der Waals surface area contributed by atoms with Crippen LogP contribution in [0.4, 0.5) is 34.4 Å². The van der Waals surface area contributed by atoms with E-state index in [1.54, 1.807) is 30.6 Å². The summed E-state index contributed by atoms with van der Waals surface area (Å²) in [5.74, 6) is 1.07. The molecule has 188 valence electrons. The van der Waals surface area contributed by atoms with Crippen LogP contribution in [0.3, 0.4) is 0 Å². The molecule has 0 aliphatic heterocycles. The third-order valence-electron chi connectivity index (χ3n) is 5.20. The molecule has 2 aromatic heterocycles.